The largest absolute Gasteiger partial charge is 0.244 e. The third kappa shape index (κ3) is 2.04. The van der Waals surface area contributed by atoms with Crippen LogP contribution in [0.4, 0.5) is 0 Å². The highest BCUT2D eigenvalue weighted by Crippen LogP contribution is 2.28. The molecule has 2 heterocycles. The second kappa shape index (κ2) is 4.43. The Labute approximate surface area is 108 Å². The van der Waals surface area contributed by atoms with Crippen molar-refractivity contribution >= 4 is 33.3 Å². The summed E-state index contributed by atoms with van der Waals surface area (Å²) in [6, 6.07) is 12.0. The summed E-state index contributed by atoms with van der Waals surface area (Å²) in [6.07, 6.45) is 1.79. The molecule has 0 spiro atoms. The van der Waals surface area contributed by atoms with Crippen molar-refractivity contribution in [1.29, 1.82) is 0 Å². The Balaban J connectivity index is 2.07. The molecule has 0 aliphatic carbocycles. The van der Waals surface area contributed by atoms with Gasteiger partial charge in [-0.05, 0) is 17.7 Å². The van der Waals surface area contributed by atoms with Crippen LogP contribution in [-0.4, -0.2) is 9.97 Å². The number of halogens is 1. The van der Waals surface area contributed by atoms with E-state index in [1.807, 2.05) is 24.3 Å². The Hall–Kier alpha value is -1.45. The van der Waals surface area contributed by atoms with Crippen LogP contribution in [0.3, 0.4) is 0 Å². The molecule has 2 aromatic heterocycles. The zero-order valence-corrected chi connectivity index (χ0v) is 10.5. The number of thiazole rings is 1. The normalized spacial score (nSPS) is 10.9. The minimum atomic E-state index is 0.543. The van der Waals surface area contributed by atoms with Gasteiger partial charge >= 0.3 is 0 Å². The molecule has 0 amide bonds. The molecule has 3 aromatic rings. The van der Waals surface area contributed by atoms with Crippen LogP contribution in [0.25, 0.3) is 20.9 Å². The number of alkyl halides is 1. The Morgan fingerprint density at radius 3 is 2.65 bits per heavy atom. The minimum absolute atomic E-state index is 0.543. The van der Waals surface area contributed by atoms with Gasteiger partial charge in [0, 0.05) is 17.6 Å². The molecule has 0 atom stereocenters. The second-order valence-electron chi connectivity index (χ2n) is 3.68. The fourth-order valence-electron chi connectivity index (χ4n) is 1.63. The van der Waals surface area contributed by atoms with E-state index >= 15 is 0 Å². The van der Waals surface area contributed by atoms with Crippen molar-refractivity contribution in [2.75, 3.05) is 0 Å². The standard InChI is InChI=1S/C13H9ClN2S/c14-8-9-3-5-10(6-4-9)12-16-11-2-1-7-15-13(11)17-12/h1-7H,8H2. The van der Waals surface area contributed by atoms with Crippen molar-refractivity contribution < 1.29 is 0 Å². The van der Waals surface area contributed by atoms with Gasteiger partial charge in [0.05, 0.1) is 0 Å². The monoisotopic (exact) mass is 260 g/mol. The maximum Gasteiger partial charge on any atom is 0.143 e. The molecule has 3 rings (SSSR count). The fourth-order valence-corrected chi connectivity index (χ4v) is 2.72. The molecule has 0 radical (unpaired) electrons. The van der Waals surface area contributed by atoms with Crippen molar-refractivity contribution in [2.24, 2.45) is 0 Å². The summed E-state index contributed by atoms with van der Waals surface area (Å²) < 4.78 is 0. The van der Waals surface area contributed by atoms with Crippen LogP contribution in [0, 0.1) is 0 Å². The summed E-state index contributed by atoms with van der Waals surface area (Å²) in [5.74, 6) is 0.543. The average Bonchev–Trinajstić information content (AvgIpc) is 2.82. The first-order valence-corrected chi connectivity index (χ1v) is 6.59. The van der Waals surface area contributed by atoms with Gasteiger partial charge in [-0.2, -0.15) is 0 Å². The van der Waals surface area contributed by atoms with E-state index in [2.05, 4.69) is 22.1 Å². The fraction of sp³-hybridized carbons (Fsp3) is 0.0769. The third-order valence-corrected chi connectivity index (χ3v) is 3.86. The van der Waals surface area contributed by atoms with Crippen LogP contribution >= 0.6 is 22.9 Å². The lowest BCUT2D eigenvalue weighted by Crippen LogP contribution is -1.79. The summed E-state index contributed by atoms with van der Waals surface area (Å²) in [5.41, 5.74) is 3.19. The summed E-state index contributed by atoms with van der Waals surface area (Å²) >= 11 is 7.38. The van der Waals surface area contributed by atoms with E-state index in [9.17, 15) is 0 Å². The Kier molecular flexibility index (Phi) is 2.79. The lowest BCUT2D eigenvalue weighted by Gasteiger charge is -1.97. The molecule has 17 heavy (non-hydrogen) atoms. The van der Waals surface area contributed by atoms with Gasteiger partial charge in [0.1, 0.15) is 15.4 Å². The molecule has 1 aromatic carbocycles. The number of hydrogen-bond acceptors (Lipinski definition) is 3. The summed E-state index contributed by atoms with van der Waals surface area (Å²) in [4.78, 5) is 9.83. The third-order valence-electron chi connectivity index (χ3n) is 2.52. The highest BCUT2D eigenvalue weighted by molar-refractivity contribution is 7.21. The summed E-state index contributed by atoms with van der Waals surface area (Å²) in [6.45, 7) is 0. The zero-order chi connectivity index (χ0) is 11.7. The molecule has 0 aliphatic rings. The quantitative estimate of drug-likeness (QED) is 0.649. The molecular formula is C13H9ClN2S. The number of benzene rings is 1. The predicted octanol–water partition coefficient (Wildman–Crippen LogP) is 4.10. The van der Waals surface area contributed by atoms with E-state index in [-0.39, 0.29) is 0 Å². The second-order valence-corrected chi connectivity index (χ2v) is 4.92. The van der Waals surface area contributed by atoms with Crippen molar-refractivity contribution in [3.8, 4) is 10.6 Å². The molecule has 4 heteroatoms. The smallest absolute Gasteiger partial charge is 0.143 e. The van der Waals surface area contributed by atoms with Crippen molar-refractivity contribution in [1.82, 2.24) is 9.97 Å². The maximum atomic E-state index is 5.77. The first-order chi connectivity index (χ1) is 8.36. The molecule has 0 bridgehead atoms. The van der Waals surface area contributed by atoms with Gasteiger partial charge in [0.25, 0.3) is 0 Å². The number of rotatable bonds is 2. The van der Waals surface area contributed by atoms with E-state index in [0.717, 1.165) is 26.5 Å². The predicted molar refractivity (Wildman–Crippen MR) is 72.4 cm³/mol. The van der Waals surface area contributed by atoms with Gasteiger partial charge in [0.15, 0.2) is 0 Å². The van der Waals surface area contributed by atoms with E-state index in [0.29, 0.717) is 5.88 Å². The molecule has 84 valence electrons. The molecule has 2 nitrogen and oxygen atoms in total. The van der Waals surface area contributed by atoms with E-state index in [4.69, 9.17) is 11.6 Å². The molecule has 0 fully saturated rings. The van der Waals surface area contributed by atoms with Crippen LogP contribution in [0.5, 0.6) is 0 Å². The zero-order valence-electron chi connectivity index (χ0n) is 8.93. The van der Waals surface area contributed by atoms with Gasteiger partial charge in [-0.15, -0.1) is 11.6 Å². The average molecular weight is 261 g/mol. The number of fused-ring (bicyclic) bond motifs is 1. The van der Waals surface area contributed by atoms with Crippen LogP contribution in [0.2, 0.25) is 0 Å². The number of nitrogens with zero attached hydrogens (tertiary/aromatic N) is 2. The molecular weight excluding hydrogens is 252 g/mol. The summed E-state index contributed by atoms with van der Waals surface area (Å²) in [7, 11) is 0. The van der Waals surface area contributed by atoms with Crippen molar-refractivity contribution in [3.05, 3.63) is 48.2 Å². The molecule has 0 saturated carbocycles. The van der Waals surface area contributed by atoms with Gasteiger partial charge in [-0.3, -0.25) is 0 Å². The van der Waals surface area contributed by atoms with E-state index in [1.54, 1.807) is 17.5 Å². The highest BCUT2D eigenvalue weighted by Gasteiger charge is 2.06. The van der Waals surface area contributed by atoms with Crippen molar-refractivity contribution in [2.45, 2.75) is 5.88 Å². The van der Waals surface area contributed by atoms with E-state index < -0.39 is 0 Å². The molecule has 0 saturated heterocycles. The Bertz CT molecular complexity index is 613. The first-order valence-electron chi connectivity index (χ1n) is 5.23. The SMILES string of the molecule is ClCc1ccc(-c2nc3cccnc3s2)cc1. The van der Waals surface area contributed by atoms with Crippen LogP contribution in [0.15, 0.2) is 42.6 Å². The first kappa shape index (κ1) is 10.7. The number of aromatic nitrogens is 2. The highest BCUT2D eigenvalue weighted by atomic mass is 35.5. The lowest BCUT2D eigenvalue weighted by atomic mass is 10.2. The van der Waals surface area contributed by atoms with Gasteiger partial charge in [-0.1, -0.05) is 35.6 Å². The number of hydrogen-bond donors (Lipinski definition) is 0. The Morgan fingerprint density at radius 1 is 1.12 bits per heavy atom. The topological polar surface area (TPSA) is 25.8 Å². The van der Waals surface area contributed by atoms with Crippen LogP contribution in [-0.2, 0) is 5.88 Å². The van der Waals surface area contributed by atoms with E-state index in [1.165, 1.54) is 0 Å². The van der Waals surface area contributed by atoms with Gasteiger partial charge in [-0.25, -0.2) is 9.97 Å². The van der Waals surface area contributed by atoms with Gasteiger partial charge < -0.3 is 0 Å². The minimum Gasteiger partial charge on any atom is -0.244 e. The molecule has 0 N–H and O–H groups in total. The number of pyridine rings is 1. The summed E-state index contributed by atoms with van der Waals surface area (Å²) in [5, 5.41) is 1.000. The maximum absolute atomic E-state index is 5.77. The van der Waals surface area contributed by atoms with Crippen molar-refractivity contribution in [3.63, 3.8) is 0 Å². The van der Waals surface area contributed by atoms with Crippen LogP contribution in [0.1, 0.15) is 5.56 Å². The molecule has 0 aliphatic heterocycles. The lowest BCUT2D eigenvalue weighted by molar-refractivity contribution is 1.38. The van der Waals surface area contributed by atoms with Crippen LogP contribution < -0.4 is 0 Å². The van der Waals surface area contributed by atoms with Gasteiger partial charge in [0.2, 0.25) is 0 Å². The molecule has 0 unspecified atom stereocenters. The Morgan fingerprint density at radius 2 is 1.94 bits per heavy atom.